The molecule has 0 radical (unpaired) electrons. The predicted octanol–water partition coefficient (Wildman–Crippen LogP) is 3.57. The summed E-state index contributed by atoms with van der Waals surface area (Å²) in [5.41, 5.74) is 0.965. The van der Waals surface area contributed by atoms with E-state index in [0.29, 0.717) is 23.5 Å². The summed E-state index contributed by atoms with van der Waals surface area (Å²) in [6.45, 7) is 0.585. The van der Waals surface area contributed by atoms with Gasteiger partial charge in [-0.3, -0.25) is 9.69 Å². The second-order valence-electron chi connectivity index (χ2n) is 6.33. The van der Waals surface area contributed by atoms with Crippen molar-refractivity contribution in [3.8, 4) is 5.75 Å². The molecule has 3 atom stereocenters. The minimum absolute atomic E-state index is 0.374. The first-order valence-electron chi connectivity index (χ1n) is 7.91. The maximum absolute atomic E-state index is 11.7. The summed E-state index contributed by atoms with van der Waals surface area (Å²) in [4.78, 5) is 13.8. The van der Waals surface area contributed by atoms with Gasteiger partial charge >= 0.3 is 5.97 Å². The van der Waals surface area contributed by atoms with Gasteiger partial charge in [0.15, 0.2) is 0 Å². The van der Waals surface area contributed by atoms with Gasteiger partial charge in [-0.2, -0.15) is 0 Å². The number of likely N-dealkylation sites (tertiary alicyclic amines) is 1. The van der Waals surface area contributed by atoms with E-state index in [1.54, 1.807) is 13.2 Å². The molecule has 1 saturated carbocycles. The number of carboxylic acids is 1. The second kappa shape index (κ2) is 6.47. The van der Waals surface area contributed by atoms with Crippen molar-refractivity contribution in [1.82, 2.24) is 4.90 Å². The third-order valence-corrected chi connectivity index (χ3v) is 5.34. The molecule has 1 aliphatic carbocycles. The highest BCUT2D eigenvalue weighted by Gasteiger charge is 2.45. The Morgan fingerprint density at radius 1 is 1.41 bits per heavy atom. The maximum atomic E-state index is 11.7. The van der Waals surface area contributed by atoms with Gasteiger partial charge in [0.25, 0.3) is 0 Å². The molecule has 1 aliphatic heterocycles. The van der Waals surface area contributed by atoms with Crippen LogP contribution < -0.4 is 4.74 Å². The minimum Gasteiger partial charge on any atom is -0.496 e. The van der Waals surface area contributed by atoms with Crippen LogP contribution in [0.1, 0.15) is 37.7 Å². The predicted molar refractivity (Wildman–Crippen MR) is 85.3 cm³/mol. The lowest BCUT2D eigenvalue weighted by Crippen LogP contribution is -2.41. The Hall–Kier alpha value is -1.26. The van der Waals surface area contributed by atoms with Crippen LogP contribution in [-0.2, 0) is 11.3 Å². The van der Waals surface area contributed by atoms with Crippen LogP contribution in [0.25, 0.3) is 0 Å². The number of benzene rings is 1. The van der Waals surface area contributed by atoms with E-state index in [1.165, 1.54) is 12.8 Å². The van der Waals surface area contributed by atoms with Crippen molar-refractivity contribution >= 4 is 17.6 Å². The Morgan fingerprint density at radius 3 is 2.91 bits per heavy atom. The second-order valence-corrected chi connectivity index (χ2v) is 6.77. The lowest BCUT2D eigenvalue weighted by atomic mass is 9.84. The molecule has 5 heteroatoms. The van der Waals surface area contributed by atoms with Crippen LogP contribution in [-0.4, -0.2) is 35.2 Å². The molecule has 22 heavy (non-hydrogen) atoms. The van der Waals surface area contributed by atoms with Gasteiger partial charge in [-0.05, 0) is 43.4 Å². The van der Waals surface area contributed by atoms with Crippen molar-refractivity contribution in [2.75, 3.05) is 7.11 Å². The van der Waals surface area contributed by atoms with E-state index in [9.17, 15) is 9.90 Å². The molecule has 1 N–H and O–H groups in total. The van der Waals surface area contributed by atoms with Crippen LogP contribution in [0.5, 0.6) is 5.75 Å². The van der Waals surface area contributed by atoms with Crippen molar-refractivity contribution in [3.63, 3.8) is 0 Å². The lowest BCUT2D eigenvalue weighted by Gasteiger charge is -2.33. The largest absolute Gasteiger partial charge is 0.496 e. The van der Waals surface area contributed by atoms with Gasteiger partial charge in [0.05, 0.1) is 7.11 Å². The summed E-state index contributed by atoms with van der Waals surface area (Å²) in [7, 11) is 1.63. The number of fused-ring (bicyclic) bond motifs is 1. The molecule has 2 fully saturated rings. The van der Waals surface area contributed by atoms with Gasteiger partial charge < -0.3 is 9.84 Å². The zero-order chi connectivity index (χ0) is 15.7. The average Bonchev–Trinajstić information content (AvgIpc) is 2.87. The molecule has 0 bridgehead atoms. The quantitative estimate of drug-likeness (QED) is 0.920. The summed E-state index contributed by atoms with van der Waals surface area (Å²) in [6.07, 6.45) is 5.43. The molecular formula is C17H22ClNO3. The first-order valence-corrected chi connectivity index (χ1v) is 8.29. The third kappa shape index (κ3) is 2.95. The Morgan fingerprint density at radius 2 is 2.18 bits per heavy atom. The number of methoxy groups -OCH3 is 1. The van der Waals surface area contributed by atoms with Gasteiger partial charge in [-0.25, -0.2) is 0 Å². The number of rotatable bonds is 4. The summed E-state index contributed by atoms with van der Waals surface area (Å²) in [6, 6.07) is 5.51. The fourth-order valence-electron chi connectivity index (χ4n) is 4.09. The normalized spacial score (nSPS) is 28.4. The van der Waals surface area contributed by atoms with Crippen LogP contribution in [0.4, 0.5) is 0 Å². The molecule has 0 amide bonds. The van der Waals surface area contributed by atoms with E-state index in [2.05, 4.69) is 4.90 Å². The van der Waals surface area contributed by atoms with Gasteiger partial charge in [0.2, 0.25) is 0 Å². The first-order chi connectivity index (χ1) is 10.6. The zero-order valence-electron chi connectivity index (χ0n) is 12.8. The van der Waals surface area contributed by atoms with E-state index in [0.717, 1.165) is 30.6 Å². The highest BCUT2D eigenvalue weighted by atomic mass is 35.5. The highest BCUT2D eigenvalue weighted by Crippen LogP contribution is 2.41. The Labute approximate surface area is 136 Å². The molecule has 1 heterocycles. The number of carboxylic acid groups (broad SMARTS) is 1. The summed E-state index contributed by atoms with van der Waals surface area (Å²) < 4.78 is 5.41. The summed E-state index contributed by atoms with van der Waals surface area (Å²) in [5.74, 6) is 0.572. The summed E-state index contributed by atoms with van der Waals surface area (Å²) in [5, 5.41) is 10.2. The maximum Gasteiger partial charge on any atom is 0.320 e. The topological polar surface area (TPSA) is 49.8 Å². The molecule has 1 aromatic carbocycles. The molecule has 3 rings (SSSR count). The van der Waals surface area contributed by atoms with E-state index in [1.807, 2.05) is 12.1 Å². The van der Waals surface area contributed by atoms with Crippen molar-refractivity contribution in [2.24, 2.45) is 5.92 Å². The van der Waals surface area contributed by atoms with Crippen LogP contribution in [0.3, 0.4) is 0 Å². The highest BCUT2D eigenvalue weighted by molar-refractivity contribution is 6.30. The number of nitrogens with zero attached hydrogens (tertiary/aromatic N) is 1. The Bertz CT molecular complexity index is 563. The fraction of sp³-hybridized carbons (Fsp3) is 0.588. The molecular weight excluding hydrogens is 302 g/mol. The van der Waals surface area contributed by atoms with Gasteiger partial charge in [-0.1, -0.05) is 24.4 Å². The van der Waals surface area contributed by atoms with Crippen LogP contribution in [0.15, 0.2) is 18.2 Å². The molecule has 0 spiro atoms. The van der Waals surface area contributed by atoms with Gasteiger partial charge in [0, 0.05) is 23.2 Å². The number of hydrogen-bond donors (Lipinski definition) is 1. The van der Waals surface area contributed by atoms with E-state index in [4.69, 9.17) is 16.3 Å². The Balaban J connectivity index is 1.87. The minimum atomic E-state index is -0.713. The zero-order valence-corrected chi connectivity index (χ0v) is 13.6. The molecule has 2 aliphatic rings. The number of aliphatic carboxylic acids is 1. The number of carbonyl (C=O) groups is 1. The molecule has 120 valence electrons. The molecule has 4 nitrogen and oxygen atoms in total. The number of ether oxygens (including phenoxy) is 1. The Kier molecular flexibility index (Phi) is 4.59. The lowest BCUT2D eigenvalue weighted by molar-refractivity contribution is -0.142. The molecule has 0 unspecified atom stereocenters. The third-order valence-electron chi connectivity index (χ3n) is 5.10. The smallest absolute Gasteiger partial charge is 0.320 e. The average molecular weight is 324 g/mol. The van der Waals surface area contributed by atoms with Gasteiger partial charge in [-0.15, -0.1) is 0 Å². The standard InChI is InChI=1S/C17H22ClNO3/c1-22-16-7-6-13(18)8-12(16)10-19-14-5-3-2-4-11(14)9-15(19)17(20)21/h6-8,11,14-15H,2-5,9-10H2,1H3,(H,20,21)/t11-,14-,15+/m1/s1. The molecule has 1 aromatic rings. The van der Waals surface area contributed by atoms with E-state index < -0.39 is 12.0 Å². The number of halogens is 1. The van der Waals surface area contributed by atoms with E-state index >= 15 is 0 Å². The van der Waals surface area contributed by atoms with Crippen molar-refractivity contribution in [3.05, 3.63) is 28.8 Å². The molecule has 1 saturated heterocycles. The van der Waals surface area contributed by atoms with Crippen LogP contribution in [0, 0.1) is 5.92 Å². The van der Waals surface area contributed by atoms with Crippen molar-refractivity contribution < 1.29 is 14.6 Å². The van der Waals surface area contributed by atoms with E-state index in [-0.39, 0.29) is 0 Å². The summed E-state index contributed by atoms with van der Waals surface area (Å²) >= 11 is 6.11. The monoisotopic (exact) mass is 323 g/mol. The van der Waals surface area contributed by atoms with Crippen molar-refractivity contribution in [1.29, 1.82) is 0 Å². The molecule has 0 aromatic heterocycles. The van der Waals surface area contributed by atoms with Gasteiger partial charge in [0.1, 0.15) is 11.8 Å². The van der Waals surface area contributed by atoms with Crippen LogP contribution >= 0.6 is 11.6 Å². The SMILES string of the molecule is COc1ccc(Cl)cc1CN1[C@@H]2CCCC[C@@H]2C[C@H]1C(=O)O. The van der Waals surface area contributed by atoms with Crippen molar-refractivity contribution in [2.45, 2.75) is 50.7 Å². The fourth-order valence-corrected chi connectivity index (χ4v) is 4.29. The first kappa shape index (κ1) is 15.6. The number of hydrogen-bond acceptors (Lipinski definition) is 3. The van der Waals surface area contributed by atoms with Crippen LogP contribution in [0.2, 0.25) is 5.02 Å².